The van der Waals surface area contributed by atoms with Crippen LogP contribution in [-0.4, -0.2) is 49.0 Å². The van der Waals surface area contributed by atoms with Gasteiger partial charge in [-0.2, -0.15) is 0 Å². The predicted octanol–water partition coefficient (Wildman–Crippen LogP) is 3.01. The topological polar surface area (TPSA) is 152 Å². The van der Waals surface area contributed by atoms with Crippen LogP contribution in [0.5, 0.6) is 17.2 Å². The second kappa shape index (κ2) is 8.70. The monoisotopic (exact) mass is 434 g/mol. The fraction of sp³-hybridized carbons (Fsp3) is 0.522. The fourth-order valence-corrected chi connectivity index (χ4v) is 3.99. The minimum atomic E-state index is -1.43. The van der Waals surface area contributed by atoms with E-state index in [0.717, 1.165) is 0 Å². The van der Waals surface area contributed by atoms with E-state index in [1.54, 1.807) is 6.92 Å². The molecule has 31 heavy (non-hydrogen) atoms. The lowest BCUT2D eigenvalue weighted by atomic mass is 9.66. The zero-order valence-corrected chi connectivity index (χ0v) is 18.4. The van der Waals surface area contributed by atoms with Crippen molar-refractivity contribution < 1.29 is 39.9 Å². The average Bonchev–Trinajstić information content (AvgIpc) is 2.71. The van der Waals surface area contributed by atoms with E-state index in [1.807, 2.05) is 0 Å². The third-order valence-electron chi connectivity index (χ3n) is 6.09. The van der Waals surface area contributed by atoms with Crippen molar-refractivity contribution in [2.75, 3.05) is 0 Å². The highest BCUT2D eigenvalue weighted by Crippen LogP contribution is 2.47. The highest BCUT2D eigenvalue weighted by atomic mass is 16.3. The van der Waals surface area contributed by atoms with Crippen LogP contribution >= 0.6 is 0 Å². The van der Waals surface area contributed by atoms with Crippen LogP contribution in [0.2, 0.25) is 0 Å². The summed E-state index contributed by atoms with van der Waals surface area (Å²) < 4.78 is 0. The van der Waals surface area contributed by atoms with Crippen LogP contribution in [0, 0.1) is 18.3 Å². The number of aliphatic hydroxyl groups is 2. The van der Waals surface area contributed by atoms with Crippen molar-refractivity contribution in [1.29, 1.82) is 0 Å². The number of allylic oxidation sites excluding steroid dienone is 1. The molecule has 0 aromatic heterocycles. The summed E-state index contributed by atoms with van der Waals surface area (Å²) >= 11 is 0. The second-order valence-electron chi connectivity index (χ2n) is 8.54. The molecule has 1 aliphatic carbocycles. The number of hydrogen-bond donors (Lipinski definition) is 5. The van der Waals surface area contributed by atoms with Crippen LogP contribution in [0.15, 0.2) is 11.3 Å². The lowest BCUT2D eigenvalue weighted by Gasteiger charge is -2.40. The zero-order valence-electron chi connectivity index (χ0n) is 18.4. The third kappa shape index (κ3) is 3.92. The number of benzene rings is 1. The first-order chi connectivity index (χ1) is 14.3. The predicted molar refractivity (Wildman–Crippen MR) is 112 cm³/mol. The smallest absolute Gasteiger partial charge is 0.175 e. The Bertz CT molecular complexity index is 971. The molecule has 0 bridgehead atoms. The van der Waals surface area contributed by atoms with Gasteiger partial charge in [0.2, 0.25) is 0 Å². The minimum absolute atomic E-state index is 0.0332. The maximum absolute atomic E-state index is 13.1. The van der Waals surface area contributed by atoms with Gasteiger partial charge < -0.3 is 25.5 Å². The third-order valence-corrected chi connectivity index (χ3v) is 6.09. The molecule has 0 saturated carbocycles. The molecule has 2 rings (SSSR count). The van der Waals surface area contributed by atoms with Crippen LogP contribution in [-0.2, 0) is 16.0 Å². The van der Waals surface area contributed by atoms with Gasteiger partial charge in [-0.25, -0.2) is 0 Å². The van der Waals surface area contributed by atoms with Crippen molar-refractivity contribution >= 4 is 17.3 Å². The van der Waals surface area contributed by atoms with Crippen LogP contribution in [0.4, 0.5) is 0 Å². The first kappa shape index (κ1) is 24.4. The number of rotatable bonds is 7. The number of hydrogen-bond acceptors (Lipinski definition) is 8. The van der Waals surface area contributed by atoms with Gasteiger partial charge in [-0.1, -0.05) is 27.7 Å². The van der Waals surface area contributed by atoms with Gasteiger partial charge in [0, 0.05) is 29.4 Å². The Hall–Kier alpha value is -2.87. The Balaban J connectivity index is 2.66. The zero-order chi connectivity index (χ0) is 23.8. The van der Waals surface area contributed by atoms with Crippen molar-refractivity contribution in [3.05, 3.63) is 28.0 Å². The highest BCUT2D eigenvalue weighted by molar-refractivity contribution is 6.22. The quantitative estimate of drug-likeness (QED) is 0.324. The number of phenols is 3. The van der Waals surface area contributed by atoms with Crippen LogP contribution in [0.25, 0.3) is 0 Å². The van der Waals surface area contributed by atoms with Crippen molar-refractivity contribution in [2.24, 2.45) is 11.3 Å². The number of aromatic hydroxyl groups is 3. The number of aliphatic hydroxyl groups excluding tert-OH is 2. The molecule has 0 saturated heterocycles. The summed E-state index contributed by atoms with van der Waals surface area (Å²) in [6.45, 7) is 7.61. The summed E-state index contributed by atoms with van der Waals surface area (Å²) in [5, 5.41) is 52.9. The van der Waals surface area contributed by atoms with Gasteiger partial charge in [-0.05, 0) is 19.8 Å². The molecule has 1 aromatic carbocycles. The Morgan fingerprint density at radius 2 is 1.55 bits per heavy atom. The number of carbonyl (C=O) groups excluding carboxylic acids is 3. The molecule has 5 N–H and O–H groups in total. The first-order valence-corrected chi connectivity index (χ1v) is 10.3. The summed E-state index contributed by atoms with van der Waals surface area (Å²) in [7, 11) is 0. The maximum atomic E-state index is 13.1. The standard InChI is InChI=1S/C23H30O8/c1-6-8-14(25)15-18(27)10(3)17(26)11(19(15)28)9-12-20(29)16(13(24)7-2)22(31)23(4,5)21(12)30/h12,21,26-28,30-31H,6-9H2,1-5H3. The van der Waals surface area contributed by atoms with Gasteiger partial charge in [0.15, 0.2) is 17.3 Å². The van der Waals surface area contributed by atoms with Gasteiger partial charge in [-0.3, -0.25) is 14.4 Å². The van der Waals surface area contributed by atoms with Gasteiger partial charge >= 0.3 is 0 Å². The van der Waals surface area contributed by atoms with E-state index in [4.69, 9.17) is 0 Å². The molecule has 0 heterocycles. The van der Waals surface area contributed by atoms with E-state index < -0.39 is 69.8 Å². The largest absolute Gasteiger partial charge is 0.511 e. The molecule has 1 aromatic rings. The van der Waals surface area contributed by atoms with Crippen LogP contribution < -0.4 is 0 Å². The Morgan fingerprint density at radius 3 is 2.06 bits per heavy atom. The van der Waals surface area contributed by atoms with Crippen molar-refractivity contribution in [1.82, 2.24) is 0 Å². The minimum Gasteiger partial charge on any atom is -0.511 e. The molecule has 8 nitrogen and oxygen atoms in total. The molecule has 2 unspecified atom stereocenters. The lowest BCUT2D eigenvalue weighted by Crippen LogP contribution is -2.48. The summed E-state index contributed by atoms with van der Waals surface area (Å²) in [5.41, 5.74) is -2.33. The van der Waals surface area contributed by atoms with Gasteiger partial charge in [-0.15, -0.1) is 0 Å². The molecule has 170 valence electrons. The molecule has 0 aliphatic heterocycles. The number of ketones is 3. The number of carbonyl (C=O) groups is 3. The van der Waals surface area contributed by atoms with E-state index >= 15 is 0 Å². The molecule has 2 atom stereocenters. The molecule has 0 amide bonds. The van der Waals surface area contributed by atoms with E-state index in [9.17, 15) is 39.9 Å². The highest BCUT2D eigenvalue weighted by Gasteiger charge is 2.50. The van der Waals surface area contributed by atoms with Crippen molar-refractivity contribution in [3.63, 3.8) is 0 Å². The average molecular weight is 434 g/mol. The van der Waals surface area contributed by atoms with Crippen molar-refractivity contribution in [3.8, 4) is 17.2 Å². The Labute approximate surface area is 180 Å². The van der Waals surface area contributed by atoms with E-state index in [-0.39, 0.29) is 29.5 Å². The van der Waals surface area contributed by atoms with Gasteiger partial charge in [0.25, 0.3) is 0 Å². The number of phenolic OH excluding ortho intramolecular Hbond substituents is 3. The normalized spacial score (nSPS) is 20.8. The van der Waals surface area contributed by atoms with E-state index in [1.165, 1.54) is 27.7 Å². The lowest BCUT2D eigenvalue weighted by molar-refractivity contribution is -0.132. The van der Waals surface area contributed by atoms with E-state index in [2.05, 4.69) is 0 Å². The van der Waals surface area contributed by atoms with E-state index in [0.29, 0.717) is 6.42 Å². The number of Topliss-reactive ketones (excluding diaryl/α,β-unsaturated/α-hetero) is 3. The fourth-order valence-electron chi connectivity index (χ4n) is 3.99. The van der Waals surface area contributed by atoms with Crippen molar-refractivity contribution in [2.45, 2.75) is 66.4 Å². The molecular formula is C23H30O8. The second-order valence-corrected chi connectivity index (χ2v) is 8.54. The summed E-state index contributed by atoms with van der Waals surface area (Å²) in [6.07, 6.45) is -1.35. The molecule has 0 radical (unpaired) electrons. The molecule has 0 spiro atoms. The summed E-state index contributed by atoms with van der Waals surface area (Å²) in [4.78, 5) is 37.8. The van der Waals surface area contributed by atoms with Crippen LogP contribution in [0.1, 0.15) is 68.4 Å². The SMILES string of the molecule is CCCC(=O)c1c(O)c(C)c(O)c(CC2C(=O)C(C(=O)CC)=C(O)C(C)(C)C2O)c1O. The van der Waals surface area contributed by atoms with Gasteiger partial charge in [0.1, 0.15) is 28.6 Å². The molecule has 8 heteroatoms. The summed E-state index contributed by atoms with van der Waals surface area (Å²) in [6, 6.07) is 0. The van der Waals surface area contributed by atoms with Gasteiger partial charge in [0.05, 0.1) is 17.6 Å². The molecular weight excluding hydrogens is 404 g/mol. The summed E-state index contributed by atoms with van der Waals surface area (Å²) in [5.74, 6) is -5.41. The molecule has 0 fully saturated rings. The Morgan fingerprint density at radius 1 is 0.968 bits per heavy atom. The first-order valence-electron chi connectivity index (χ1n) is 10.3. The molecule has 1 aliphatic rings. The van der Waals surface area contributed by atoms with Crippen LogP contribution in [0.3, 0.4) is 0 Å². The Kier molecular flexibility index (Phi) is 6.85. The maximum Gasteiger partial charge on any atom is 0.175 e.